The molecule has 2 aromatic carbocycles. The average Bonchev–Trinajstić information content (AvgIpc) is 2.66. The molecule has 5 N–H and O–H groups in total. The van der Waals surface area contributed by atoms with Crippen molar-refractivity contribution in [3.63, 3.8) is 0 Å². The molecule has 2 amide bonds. The van der Waals surface area contributed by atoms with Gasteiger partial charge in [0.1, 0.15) is 11.6 Å². The first-order chi connectivity index (χ1) is 13.7. The Hall–Kier alpha value is -3.58. The van der Waals surface area contributed by atoms with Crippen molar-refractivity contribution < 1.29 is 14.7 Å². The lowest BCUT2D eigenvalue weighted by Crippen LogP contribution is -2.19. The predicted molar refractivity (Wildman–Crippen MR) is 114 cm³/mol. The van der Waals surface area contributed by atoms with E-state index < -0.39 is 11.8 Å². The molecule has 0 aliphatic rings. The summed E-state index contributed by atoms with van der Waals surface area (Å²) in [6.45, 7) is 3.51. The Bertz CT molecular complexity index is 1100. The van der Waals surface area contributed by atoms with Crippen LogP contribution in [-0.4, -0.2) is 21.9 Å². The van der Waals surface area contributed by atoms with Gasteiger partial charge in [-0.3, -0.25) is 9.59 Å². The molecule has 0 radical (unpaired) electrons. The highest BCUT2D eigenvalue weighted by atomic mass is 35.5. The summed E-state index contributed by atoms with van der Waals surface area (Å²) >= 11 is 5.81. The molecule has 0 aliphatic carbocycles. The van der Waals surface area contributed by atoms with Crippen molar-refractivity contribution in [2.24, 2.45) is 0 Å². The number of pyridine rings is 1. The largest absolute Gasteiger partial charge is 0.508 e. The van der Waals surface area contributed by atoms with Crippen molar-refractivity contribution in [1.29, 1.82) is 0 Å². The summed E-state index contributed by atoms with van der Waals surface area (Å²) in [5.74, 6) is -0.761. The van der Waals surface area contributed by atoms with Gasteiger partial charge in [0.25, 0.3) is 11.8 Å². The molecule has 148 valence electrons. The lowest BCUT2D eigenvalue weighted by Gasteiger charge is -2.14. The van der Waals surface area contributed by atoms with Crippen LogP contribution < -0.4 is 16.4 Å². The van der Waals surface area contributed by atoms with Crippen LogP contribution in [0.4, 0.5) is 17.2 Å². The highest BCUT2D eigenvalue weighted by molar-refractivity contribution is 6.30. The first kappa shape index (κ1) is 20.2. The summed E-state index contributed by atoms with van der Waals surface area (Å²) < 4.78 is 0. The molecule has 8 heteroatoms. The van der Waals surface area contributed by atoms with Crippen molar-refractivity contribution in [1.82, 2.24) is 4.98 Å². The molecule has 0 atom stereocenters. The maximum atomic E-state index is 12.8. The highest BCUT2D eigenvalue weighted by Gasteiger charge is 2.18. The van der Waals surface area contributed by atoms with Crippen LogP contribution in [0.15, 0.2) is 48.7 Å². The van der Waals surface area contributed by atoms with Crippen molar-refractivity contribution >= 4 is 40.6 Å². The number of amides is 2. The first-order valence-corrected chi connectivity index (χ1v) is 9.06. The molecule has 0 bridgehead atoms. The third kappa shape index (κ3) is 4.64. The summed E-state index contributed by atoms with van der Waals surface area (Å²) in [6.07, 6.45) is 1.40. The molecule has 3 rings (SSSR count). The summed E-state index contributed by atoms with van der Waals surface area (Å²) in [5.41, 5.74) is 8.22. The highest BCUT2D eigenvalue weighted by Crippen LogP contribution is 2.28. The van der Waals surface area contributed by atoms with Crippen LogP contribution in [0.25, 0.3) is 0 Å². The topological polar surface area (TPSA) is 117 Å². The monoisotopic (exact) mass is 410 g/mol. The normalized spacial score (nSPS) is 10.4. The number of hydrogen-bond donors (Lipinski definition) is 4. The standard InChI is InChI=1S/C21H19ClN4O3/c1-11-3-5-14(16(23)7-11)20(28)25-17-9-18(27)12(2)8-15(17)21(29)26-19-6-4-13(22)10-24-19/h3-10,27H,23H2,1-2H3,(H,25,28)(H,24,26,29). The minimum absolute atomic E-state index is 0.0571. The van der Waals surface area contributed by atoms with E-state index >= 15 is 0 Å². The number of phenolic OH excluding ortho intramolecular Hbond substituents is 1. The SMILES string of the molecule is Cc1ccc(C(=O)Nc2cc(O)c(C)cc2C(=O)Nc2ccc(Cl)cn2)c(N)c1. The second-order valence-electron chi connectivity index (χ2n) is 6.54. The van der Waals surface area contributed by atoms with E-state index in [1.165, 1.54) is 18.3 Å². The van der Waals surface area contributed by atoms with Crippen molar-refractivity contribution in [2.45, 2.75) is 13.8 Å². The van der Waals surface area contributed by atoms with Gasteiger partial charge in [0.2, 0.25) is 0 Å². The Balaban J connectivity index is 1.91. The second-order valence-corrected chi connectivity index (χ2v) is 6.98. The fourth-order valence-corrected chi connectivity index (χ4v) is 2.81. The van der Waals surface area contributed by atoms with E-state index in [-0.39, 0.29) is 22.6 Å². The summed E-state index contributed by atoms with van der Waals surface area (Å²) in [7, 11) is 0. The molecular weight excluding hydrogens is 392 g/mol. The number of nitrogens with zero attached hydrogens (tertiary/aromatic N) is 1. The van der Waals surface area contributed by atoms with E-state index in [0.717, 1.165) is 5.56 Å². The fourth-order valence-electron chi connectivity index (χ4n) is 2.70. The van der Waals surface area contributed by atoms with Crippen LogP contribution in [0.2, 0.25) is 5.02 Å². The molecule has 0 saturated heterocycles. The van der Waals surface area contributed by atoms with Gasteiger partial charge in [0.05, 0.1) is 21.8 Å². The van der Waals surface area contributed by atoms with Gasteiger partial charge in [-0.05, 0) is 55.3 Å². The molecule has 0 aliphatic heterocycles. The fraction of sp³-hybridized carbons (Fsp3) is 0.0952. The Labute approximate surface area is 172 Å². The Morgan fingerprint density at radius 2 is 1.72 bits per heavy atom. The number of aryl methyl sites for hydroxylation is 2. The molecular formula is C21H19ClN4O3. The second kappa shape index (κ2) is 8.20. The molecule has 0 fully saturated rings. The van der Waals surface area contributed by atoms with Gasteiger partial charge in [0, 0.05) is 18.0 Å². The van der Waals surface area contributed by atoms with Crippen LogP contribution in [0, 0.1) is 13.8 Å². The third-order valence-corrected chi connectivity index (χ3v) is 4.47. The van der Waals surface area contributed by atoms with E-state index in [9.17, 15) is 14.7 Å². The number of halogens is 1. The zero-order valence-electron chi connectivity index (χ0n) is 15.8. The van der Waals surface area contributed by atoms with Crippen molar-refractivity contribution in [3.05, 3.63) is 75.9 Å². The molecule has 0 saturated carbocycles. The summed E-state index contributed by atoms with van der Waals surface area (Å²) in [6, 6.07) is 11.0. The number of benzene rings is 2. The van der Waals surface area contributed by atoms with E-state index in [0.29, 0.717) is 22.1 Å². The van der Waals surface area contributed by atoms with Crippen LogP contribution in [0.1, 0.15) is 31.8 Å². The summed E-state index contributed by atoms with van der Waals surface area (Å²) in [4.78, 5) is 29.5. The number of phenols is 1. The van der Waals surface area contributed by atoms with Gasteiger partial charge in [-0.2, -0.15) is 0 Å². The molecule has 0 spiro atoms. The van der Waals surface area contributed by atoms with Gasteiger partial charge in [-0.15, -0.1) is 0 Å². The van der Waals surface area contributed by atoms with E-state index in [1.807, 2.05) is 6.92 Å². The molecule has 1 heterocycles. The maximum Gasteiger partial charge on any atom is 0.258 e. The van der Waals surface area contributed by atoms with Gasteiger partial charge < -0.3 is 21.5 Å². The van der Waals surface area contributed by atoms with E-state index in [2.05, 4.69) is 15.6 Å². The molecule has 3 aromatic rings. The quantitative estimate of drug-likeness (QED) is 0.482. The van der Waals surface area contributed by atoms with Crippen LogP contribution in [-0.2, 0) is 0 Å². The molecule has 1 aromatic heterocycles. The van der Waals surface area contributed by atoms with Crippen LogP contribution in [0.3, 0.4) is 0 Å². The van der Waals surface area contributed by atoms with Gasteiger partial charge in [0.15, 0.2) is 0 Å². The van der Waals surface area contributed by atoms with Crippen LogP contribution in [0.5, 0.6) is 5.75 Å². The zero-order chi connectivity index (χ0) is 21.1. The number of rotatable bonds is 4. The Morgan fingerprint density at radius 1 is 1.00 bits per heavy atom. The number of nitrogens with one attached hydrogen (secondary N) is 2. The minimum atomic E-state index is -0.505. The third-order valence-electron chi connectivity index (χ3n) is 4.25. The van der Waals surface area contributed by atoms with Gasteiger partial charge >= 0.3 is 0 Å². The molecule has 7 nitrogen and oxygen atoms in total. The van der Waals surface area contributed by atoms with Crippen molar-refractivity contribution in [2.75, 3.05) is 16.4 Å². The van der Waals surface area contributed by atoms with E-state index in [4.69, 9.17) is 17.3 Å². The average molecular weight is 411 g/mol. The number of nitrogen functional groups attached to an aromatic ring is 1. The number of carbonyl (C=O) groups excluding carboxylic acids is 2. The number of carbonyl (C=O) groups is 2. The van der Waals surface area contributed by atoms with Gasteiger partial charge in [-0.1, -0.05) is 17.7 Å². The molecule has 0 unspecified atom stereocenters. The number of nitrogens with two attached hydrogens (primary N) is 1. The lowest BCUT2D eigenvalue weighted by atomic mass is 10.1. The van der Waals surface area contributed by atoms with Gasteiger partial charge in [-0.25, -0.2) is 4.98 Å². The molecule has 29 heavy (non-hydrogen) atoms. The predicted octanol–water partition coefficient (Wildman–Crippen LogP) is 4.14. The summed E-state index contributed by atoms with van der Waals surface area (Å²) in [5, 5.41) is 15.8. The zero-order valence-corrected chi connectivity index (χ0v) is 16.5. The number of hydrogen-bond acceptors (Lipinski definition) is 5. The van der Waals surface area contributed by atoms with E-state index in [1.54, 1.807) is 37.3 Å². The Morgan fingerprint density at radius 3 is 2.38 bits per heavy atom. The minimum Gasteiger partial charge on any atom is -0.508 e. The smallest absolute Gasteiger partial charge is 0.258 e. The number of aromatic hydroxyl groups is 1. The number of aromatic nitrogens is 1. The Kier molecular flexibility index (Phi) is 5.70. The lowest BCUT2D eigenvalue weighted by molar-refractivity contribution is 0.102. The first-order valence-electron chi connectivity index (χ1n) is 8.68. The number of anilines is 3. The van der Waals surface area contributed by atoms with Crippen molar-refractivity contribution in [3.8, 4) is 5.75 Å². The van der Waals surface area contributed by atoms with Crippen LogP contribution >= 0.6 is 11.6 Å². The maximum absolute atomic E-state index is 12.8.